The Kier molecular flexibility index (Phi) is 3.28. The fraction of sp³-hybridized carbons (Fsp3) is 0.273. The monoisotopic (exact) mass is 256 g/mol. The topological polar surface area (TPSA) is 48.2 Å². The van der Waals surface area contributed by atoms with E-state index in [-0.39, 0.29) is 16.8 Å². The average Bonchev–Trinajstić information content (AvgIpc) is 2.78. The van der Waals surface area contributed by atoms with Crippen molar-refractivity contribution < 1.29 is 13.7 Å². The molecule has 0 saturated heterocycles. The molecule has 0 N–H and O–H groups in total. The third kappa shape index (κ3) is 2.39. The SMILES string of the molecule is COc1ccc(-c2nc(C(C)Cl)no2)c(F)c1. The zero-order chi connectivity index (χ0) is 12.4. The number of methoxy groups -OCH3 is 1. The normalized spacial score (nSPS) is 12.5. The number of ether oxygens (including phenoxy) is 1. The zero-order valence-electron chi connectivity index (χ0n) is 9.28. The van der Waals surface area contributed by atoms with Crippen molar-refractivity contribution in [2.24, 2.45) is 0 Å². The van der Waals surface area contributed by atoms with Crippen molar-refractivity contribution in [2.45, 2.75) is 12.3 Å². The van der Waals surface area contributed by atoms with Crippen LogP contribution < -0.4 is 4.74 Å². The maximum absolute atomic E-state index is 13.7. The van der Waals surface area contributed by atoms with Crippen LogP contribution in [0.25, 0.3) is 11.5 Å². The van der Waals surface area contributed by atoms with Gasteiger partial charge in [0.25, 0.3) is 5.89 Å². The van der Waals surface area contributed by atoms with E-state index in [1.165, 1.54) is 19.2 Å². The summed E-state index contributed by atoms with van der Waals surface area (Å²) in [5, 5.41) is 3.28. The molecule has 17 heavy (non-hydrogen) atoms. The number of hydrogen-bond acceptors (Lipinski definition) is 4. The van der Waals surface area contributed by atoms with E-state index in [1.807, 2.05) is 0 Å². The quantitative estimate of drug-likeness (QED) is 0.792. The lowest BCUT2D eigenvalue weighted by atomic mass is 10.2. The Morgan fingerprint density at radius 2 is 2.24 bits per heavy atom. The fourth-order valence-electron chi connectivity index (χ4n) is 1.30. The average molecular weight is 257 g/mol. The number of rotatable bonds is 3. The summed E-state index contributed by atoms with van der Waals surface area (Å²) in [6, 6.07) is 4.39. The number of alkyl halides is 1. The number of benzene rings is 1. The molecule has 0 radical (unpaired) electrons. The Hall–Kier alpha value is -1.62. The molecule has 4 nitrogen and oxygen atoms in total. The summed E-state index contributed by atoms with van der Waals surface area (Å²) >= 11 is 5.79. The van der Waals surface area contributed by atoms with Crippen molar-refractivity contribution in [2.75, 3.05) is 7.11 Å². The van der Waals surface area contributed by atoms with Crippen LogP contribution >= 0.6 is 11.6 Å². The van der Waals surface area contributed by atoms with Crippen molar-refractivity contribution in [3.05, 3.63) is 29.8 Å². The first-order chi connectivity index (χ1) is 8.11. The lowest BCUT2D eigenvalue weighted by Crippen LogP contribution is -1.89. The largest absolute Gasteiger partial charge is 0.497 e. The number of aromatic nitrogens is 2. The van der Waals surface area contributed by atoms with E-state index in [1.54, 1.807) is 13.0 Å². The predicted molar refractivity (Wildman–Crippen MR) is 60.5 cm³/mol. The first-order valence-electron chi connectivity index (χ1n) is 4.93. The molecule has 1 heterocycles. The molecule has 1 atom stereocenters. The van der Waals surface area contributed by atoms with Crippen LogP contribution in [0.4, 0.5) is 4.39 Å². The maximum Gasteiger partial charge on any atom is 0.260 e. The molecule has 0 aliphatic carbocycles. The molecule has 2 aromatic rings. The number of hydrogen-bond donors (Lipinski definition) is 0. The molecule has 1 aromatic carbocycles. The van der Waals surface area contributed by atoms with Gasteiger partial charge in [0.1, 0.15) is 11.6 Å². The van der Waals surface area contributed by atoms with Gasteiger partial charge in [-0.25, -0.2) is 4.39 Å². The second-order valence-corrected chi connectivity index (χ2v) is 4.07. The summed E-state index contributed by atoms with van der Waals surface area (Å²) in [5.41, 5.74) is 0.224. The van der Waals surface area contributed by atoms with Gasteiger partial charge in [0.2, 0.25) is 0 Å². The Morgan fingerprint density at radius 1 is 1.47 bits per heavy atom. The molecule has 0 amide bonds. The molecule has 0 aliphatic rings. The second kappa shape index (κ2) is 4.71. The van der Waals surface area contributed by atoms with Crippen LogP contribution in [-0.4, -0.2) is 17.3 Å². The minimum Gasteiger partial charge on any atom is -0.497 e. The predicted octanol–water partition coefficient (Wildman–Crippen LogP) is 3.18. The number of halogens is 2. The van der Waals surface area contributed by atoms with Gasteiger partial charge in [0, 0.05) is 6.07 Å². The van der Waals surface area contributed by atoms with Gasteiger partial charge < -0.3 is 9.26 Å². The molecule has 0 spiro atoms. The maximum atomic E-state index is 13.7. The highest BCUT2D eigenvalue weighted by Crippen LogP contribution is 2.26. The van der Waals surface area contributed by atoms with E-state index in [0.29, 0.717) is 11.6 Å². The molecule has 0 saturated carbocycles. The van der Waals surface area contributed by atoms with Crippen molar-refractivity contribution in [1.82, 2.24) is 10.1 Å². The Morgan fingerprint density at radius 3 is 2.76 bits per heavy atom. The van der Waals surface area contributed by atoms with Gasteiger partial charge in [0.05, 0.1) is 18.1 Å². The summed E-state index contributed by atoms with van der Waals surface area (Å²) in [6.45, 7) is 1.71. The van der Waals surface area contributed by atoms with E-state index in [4.69, 9.17) is 20.9 Å². The van der Waals surface area contributed by atoms with Crippen LogP contribution in [0, 0.1) is 5.82 Å². The molecular formula is C11H10ClFN2O2. The summed E-state index contributed by atoms with van der Waals surface area (Å²) in [4.78, 5) is 4.01. The summed E-state index contributed by atoms with van der Waals surface area (Å²) in [7, 11) is 1.47. The Labute approximate surface area is 102 Å². The van der Waals surface area contributed by atoms with Crippen LogP contribution in [0.1, 0.15) is 18.1 Å². The highest BCUT2D eigenvalue weighted by molar-refractivity contribution is 6.20. The zero-order valence-corrected chi connectivity index (χ0v) is 10.0. The van der Waals surface area contributed by atoms with Gasteiger partial charge in [-0.1, -0.05) is 5.16 Å². The summed E-state index contributed by atoms with van der Waals surface area (Å²) in [5.74, 6) is 0.378. The molecule has 1 aromatic heterocycles. The lowest BCUT2D eigenvalue weighted by Gasteiger charge is -2.01. The summed E-state index contributed by atoms with van der Waals surface area (Å²) < 4.78 is 23.5. The highest BCUT2D eigenvalue weighted by atomic mass is 35.5. The molecule has 90 valence electrons. The van der Waals surface area contributed by atoms with Crippen LogP contribution in [0.15, 0.2) is 22.7 Å². The lowest BCUT2D eigenvalue weighted by molar-refractivity contribution is 0.409. The van der Waals surface area contributed by atoms with Gasteiger partial charge in [-0.15, -0.1) is 11.6 Å². The molecule has 0 bridgehead atoms. The van der Waals surface area contributed by atoms with Gasteiger partial charge in [-0.05, 0) is 19.1 Å². The minimum absolute atomic E-state index is 0.104. The molecule has 6 heteroatoms. The first-order valence-corrected chi connectivity index (χ1v) is 5.37. The van der Waals surface area contributed by atoms with E-state index in [0.717, 1.165) is 0 Å². The van der Waals surface area contributed by atoms with E-state index in [9.17, 15) is 4.39 Å². The van der Waals surface area contributed by atoms with Crippen LogP contribution in [0.3, 0.4) is 0 Å². The molecule has 0 aliphatic heterocycles. The van der Waals surface area contributed by atoms with Crippen molar-refractivity contribution in [3.63, 3.8) is 0 Å². The van der Waals surface area contributed by atoms with Crippen molar-refractivity contribution in [1.29, 1.82) is 0 Å². The van der Waals surface area contributed by atoms with E-state index < -0.39 is 5.82 Å². The minimum atomic E-state index is -0.484. The highest BCUT2D eigenvalue weighted by Gasteiger charge is 2.16. The standard InChI is InChI=1S/C11H10ClFN2O2/c1-6(12)10-14-11(17-15-10)8-4-3-7(16-2)5-9(8)13/h3-6H,1-2H3. The summed E-state index contributed by atoms with van der Waals surface area (Å²) in [6.07, 6.45) is 0. The molecule has 1 unspecified atom stereocenters. The van der Waals surface area contributed by atoms with Gasteiger partial charge in [-0.3, -0.25) is 0 Å². The van der Waals surface area contributed by atoms with E-state index in [2.05, 4.69) is 10.1 Å². The molecule has 2 rings (SSSR count). The van der Waals surface area contributed by atoms with Crippen molar-refractivity contribution >= 4 is 11.6 Å². The van der Waals surface area contributed by atoms with Gasteiger partial charge >= 0.3 is 0 Å². The first kappa shape index (κ1) is 11.9. The Bertz CT molecular complexity index is 528. The second-order valence-electron chi connectivity index (χ2n) is 3.42. The molecular weight excluding hydrogens is 247 g/mol. The number of nitrogens with zero attached hydrogens (tertiary/aromatic N) is 2. The van der Waals surface area contributed by atoms with E-state index >= 15 is 0 Å². The fourth-order valence-corrected chi connectivity index (χ4v) is 1.39. The third-order valence-electron chi connectivity index (χ3n) is 2.20. The van der Waals surface area contributed by atoms with Gasteiger partial charge in [-0.2, -0.15) is 4.98 Å². The van der Waals surface area contributed by atoms with Crippen LogP contribution in [0.2, 0.25) is 0 Å². The Balaban J connectivity index is 2.38. The van der Waals surface area contributed by atoms with Crippen molar-refractivity contribution in [3.8, 4) is 17.2 Å². The van der Waals surface area contributed by atoms with Crippen LogP contribution in [-0.2, 0) is 0 Å². The smallest absolute Gasteiger partial charge is 0.260 e. The van der Waals surface area contributed by atoms with Crippen LogP contribution in [0.5, 0.6) is 5.75 Å². The molecule has 0 fully saturated rings. The van der Waals surface area contributed by atoms with Gasteiger partial charge in [0.15, 0.2) is 5.82 Å². The third-order valence-corrected chi connectivity index (χ3v) is 2.40.